The SMILES string of the molecule is O=C(COC(=O)Cc1coc2ccc3ccccc3c12)Nc1ccccc1I. The second-order valence-electron chi connectivity index (χ2n) is 6.29. The number of esters is 1. The fourth-order valence-electron chi connectivity index (χ4n) is 3.11. The zero-order valence-electron chi connectivity index (χ0n) is 14.8. The van der Waals surface area contributed by atoms with Crippen LogP contribution in [0.2, 0.25) is 0 Å². The van der Waals surface area contributed by atoms with Crippen LogP contribution in [0.25, 0.3) is 21.7 Å². The lowest BCUT2D eigenvalue weighted by atomic mass is 10.0. The van der Waals surface area contributed by atoms with Crippen molar-refractivity contribution in [1.82, 2.24) is 0 Å². The van der Waals surface area contributed by atoms with E-state index in [1.165, 1.54) is 0 Å². The number of fused-ring (bicyclic) bond motifs is 3. The average Bonchev–Trinajstić information content (AvgIpc) is 3.11. The van der Waals surface area contributed by atoms with Crippen LogP contribution in [0.1, 0.15) is 5.56 Å². The maximum atomic E-state index is 12.3. The molecule has 0 aliphatic heterocycles. The Morgan fingerprint density at radius 2 is 1.79 bits per heavy atom. The average molecular weight is 485 g/mol. The highest BCUT2D eigenvalue weighted by atomic mass is 127. The zero-order chi connectivity index (χ0) is 19.5. The molecule has 0 bridgehead atoms. The summed E-state index contributed by atoms with van der Waals surface area (Å²) in [6.45, 7) is -0.333. The monoisotopic (exact) mass is 485 g/mol. The fraction of sp³-hybridized carbons (Fsp3) is 0.0909. The summed E-state index contributed by atoms with van der Waals surface area (Å²) in [6, 6.07) is 19.2. The third-order valence-corrected chi connectivity index (χ3v) is 5.33. The van der Waals surface area contributed by atoms with E-state index < -0.39 is 5.97 Å². The van der Waals surface area contributed by atoms with Crippen LogP contribution < -0.4 is 5.32 Å². The van der Waals surface area contributed by atoms with Crippen molar-refractivity contribution in [3.8, 4) is 0 Å². The third kappa shape index (κ3) is 3.87. The van der Waals surface area contributed by atoms with Gasteiger partial charge in [0, 0.05) is 14.5 Å². The zero-order valence-corrected chi connectivity index (χ0v) is 16.9. The number of rotatable bonds is 5. The molecule has 4 rings (SSSR count). The molecule has 1 heterocycles. The molecule has 0 unspecified atom stereocenters. The number of carbonyl (C=O) groups is 2. The van der Waals surface area contributed by atoms with Crippen molar-refractivity contribution < 1.29 is 18.7 Å². The van der Waals surface area contributed by atoms with Gasteiger partial charge in [0.15, 0.2) is 6.61 Å². The van der Waals surface area contributed by atoms with E-state index >= 15 is 0 Å². The first-order valence-electron chi connectivity index (χ1n) is 8.69. The maximum absolute atomic E-state index is 12.3. The molecule has 0 aliphatic rings. The van der Waals surface area contributed by atoms with Crippen LogP contribution in [0.4, 0.5) is 5.69 Å². The van der Waals surface area contributed by atoms with Crippen molar-refractivity contribution in [2.24, 2.45) is 0 Å². The molecule has 140 valence electrons. The van der Waals surface area contributed by atoms with E-state index in [-0.39, 0.29) is 18.9 Å². The van der Waals surface area contributed by atoms with Crippen LogP contribution in [0.5, 0.6) is 0 Å². The van der Waals surface area contributed by atoms with E-state index in [1.54, 1.807) is 12.3 Å². The predicted molar refractivity (Wildman–Crippen MR) is 116 cm³/mol. The number of benzene rings is 3. The van der Waals surface area contributed by atoms with Gasteiger partial charge >= 0.3 is 5.97 Å². The molecular weight excluding hydrogens is 469 g/mol. The molecule has 6 heteroatoms. The molecule has 1 aromatic heterocycles. The van der Waals surface area contributed by atoms with Crippen LogP contribution in [0.3, 0.4) is 0 Å². The van der Waals surface area contributed by atoms with Crippen molar-refractivity contribution in [2.45, 2.75) is 6.42 Å². The van der Waals surface area contributed by atoms with E-state index in [2.05, 4.69) is 27.9 Å². The first-order chi connectivity index (χ1) is 13.6. The smallest absolute Gasteiger partial charge is 0.310 e. The van der Waals surface area contributed by atoms with Gasteiger partial charge in [0.25, 0.3) is 5.91 Å². The summed E-state index contributed by atoms with van der Waals surface area (Å²) in [5.41, 5.74) is 2.16. The Labute approximate surface area is 174 Å². The Morgan fingerprint density at radius 3 is 2.64 bits per heavy atom. The van der Waals surface area contributed by atoms with Crippen molar-refractivity contribution in [1.29, 1.82) is 0 Å². The lowest BCUT2D eigenvalue weighted by molar-refractivity contribution is -0.146. The topological polar surface area (TPSA) is 68.5 Å². The number of amides is 1. The van der Waals surface area contributed by atoms with Gasteiger partial charge in [-0.15, -0.1) is 0 Å². The summed E-state index contributed by atoms with van der Waals surface area (Å²) < 4.78 is 11.7. The molecular formula is C22H16INO4. The van der Waals surface area contributed by atoms with Crippen LogP contribution in [-0.2, 0) is 20.7 Å². The minimum atomic E-state index is -0.478. The van der Waals surface area contributed by atoms with Gasteiger partial charge in [-0.25, -0.2) is 0 Å². The Morgan fingerprint density at radius 1 is 1.00 bits per heavy atom. The number of ether oxygens (including phenoxy) is 1. The number of para-hydroxylation sites is 1. The summed E-state index contributed by atoms with van der Waals surface area (Å²) in [5.74, 6) is -0.853. The van der Waals surface area contributed by atoms with Gasteiger partial charge in [0.2, 0.25) is 0 Å². The second kappa shape index (κ2) is 8.02. The number of furan rings is 1. The number of hydrogen-bond acceptors (Lipinski definition) is 4. The first-order valence-corrected chi connectivity index (χ1v) is 9.77. The largest absolute Gasteiger partial charge is 0.464 e. The van der Waals surface area contributed by atoms with E-state index in [9.17, 15) is 9.59 Å². The molecule has 1 N–H and O–H groups in total. The highest BCUT2D eigenvalue weighted by molar-refractivity contribution is 14.1. The Bertz CT molecular complexity index is 1180. The molecule has 5 nitrogen and oxygen atoms in total. The molecule has 3 aromatic carbocycles. The van der Waals surface area contributed by atoms with Gasteiger partial charge in [0.1, 0.15) is 5.58 Å². The molecule has 0 saturated carbocycles. The summed E-state index contributed by atoms with van der Waals surface area (Å²) in [5, 5.41) is 5.73. The van der Waals surface area contributed by atoms with Crippen molar-refractivity contribution in [2.75, 3.05) is 11.9 Å². The van der Waals surface area contributed by atoms with Gasteiger partial charge in [-0.2, -0.15) is 0 Å². The summed E-state index contributed by atoms with van der Waals surface area (Å²) in [6.07, 6.45) is 1.61. The van der Waals surface area contributed by atoms with Crippen LogP contribution in [-0.4, -0.2) is 18.5 Å². The minimum absolute atomic E-state index is 0.0388. The number of nitrogens with one attached hydrogen (secondary N) is 1. The quantitative estimate of drug-likeness (QED) is 0.322. The molecule has 0 aliphatic carbocycles. The highest BCUT2D eigenvalue weighted by Crippen LogP contribution is 2.30. The van der Waals surface area contributed by atoms with Crippen LogP contribution in [0, 0.1) is 3.57 Å². The second-order valence-corrected chi connectivity index (χ2v) is 7.45. The molecule has 0 radical (unpaired) electrons. The van der Waals surface area contributed by atoms with Gasteiger partial charge in [-0.3, -0.25) is 9.59 Å². The highest BCUT2D eigenvalue weighted by Gasteiger charge is 2.15. The van der Waals surface area contributed by atoms with E-state index in [4.69, 9.17) is 9.15 Å². The van der Waals surface area contributed by atoms with Gasteiger partial charge < -0.3 is 14.5 Å². The van der Waals surface area contributed by atoms with Crippen molar-refractivity contribution in [3.05, 3.63) is 76.1 Å². The molecule has 28 heavy (non-hydrogen) atoms. The van der Waals surface area contributed by atoms with Crippen molar-refractivity contribution in [3.63, 3.8) is 0 Å². The number of anilines is 1. The van der Waals surface area contributed by atoms with Crippen LogP contribution >= 0.6 is 22.6 Å². The normalized spacial score (nSPS) is 10.9. The number of carbonyl (C=O) groups excluding carboxylic acids is 2. The summed E-state index contributed by atoms with van der Waals surface area (Å²) in [4.78, 5) is 24.3. The summed E-state index contributed by atoms with van der Waals surface area (Å²) >= 11 is 2.13. The number of halogens is 1. The third-order valence-electron chi connectivity index (χ3n) is 4.39. The lowest BCUT2D eigenvalue weighted by Gasteiger charge is -2.08. The van der Waals surface area contributed by atoms with Crippen molar-refractivity contribution >= 4 is 61.9 Å². The molecule has 0 saturated heterocycles. The Balaban J connectivity index is 1.44. The first kappa shape index (κ1) is 18.5. The Kier molecular flexibility index (Phi) is 5.29. The fourth-order valence-corrected chi connectivity index (χ4v) is 3.63. The molecule has 0 spiro atoms. The standard InChI is InChI=1S/C22H16INO4/c23-17-7-3-4-8-18(17)24-20(25)13-28-21(26)11-15-12-27-19-10-9-14-5-1-2-6-16(14)22(15)19/h1-10,12H,11,13H2,(H,24,25). The van der Waals surface area contributed by atoms with Gasteiger partial charge in [-0.1, -0.05) is 42.5 Å². The molecule has 0 fully saturated rings. The predicted octanol–water partition coefficient (Wildman–Crippen LogP) is 4.92. The van der Waals surface area contributed by atoms with E-state index in [0.717, 1.165) is 30.9 Å². The molecule has 0 atom stereocenters. The lowest BCUT2D eigenvalue weighted by Crippen LogP contribution is -2.22. The van der Waals surface area contributed by atoms with Gasteiger partial charge in [0.05, 0.1) is 18.4 Å². The van der Waals surface area contributed by atoms with E-state index in [1.807, 2.05) is 54.6 Å². The van der Waals surface area contributed by atoms with E-state index in [0.29, 0.717) is 5.69 Å². The minimum Gasteiger partial charge on any atom is -0.464 e. The molecule has 1 amide bonds. The molecule has 4 aromatic rings. The van der Waals surface area contributed by atoms with Crippen LogP contribution in [0.15, 0.2) is 71.3 Å². The Hall–Kier alpha value is -2.87. The van der Waals surface area contributed by atoms with Gasteiger partial charge in [-0.05, 0) is 51.6 Å². The number of hydrogen-bond donors (Lipinski definition) is 1. The maximum Gasteiger partial charge on any atom is 0.310 e. The summed E-state index contributed by atoms with van der Waals surface area (Å²) in [7, 11) is 0.